The van der Waals surface area contributed by atoms with Gasteiger partial charge in [-0.3, -0.25) is 9.48 Å². The van der Waals surface area contributed by atoms with Gasteiger partial charge in [0, 0.05) is 31.4 Å². The van der Waals surface area contributed by atoms with Crippen molar-refractivity contribution in [3.8, 4) is 0 Å². The Balaban J connectivity index is 1.91. The lowest BCUT2D eigenvalue weighted by molar-refractivity contribution is -0.120. The number of nitrogens with one attached hydrogen (secondary N) is 3. The van der Waals surface area contributed by atoms with Crippen molar-refractivity contribution in [1.29, 1.82) is 0 Å². The fourth-order valence-corrected chi connectivity index (χ4v) is 2.82. The van der Waals surface area contributed by atoms with Gasteiger partial charge in [-0.15, -0.1) is 0 Å². The zero-order valence-electron chi connectivity index (χ0n) is 15.8. The molecule has 0 radical (unpaired) electrons. The van der Waals surface area contributed by atoms with Crippen molar-refractivity contribution in [2.75, 3.05) is 18.9 Å². The number of anilines is 1. The highest BCUT2D eigenvalue weighted by Crippen LogP contribution is 2.17. The van der Waals surface area contributed by atoms with Crippen LogP contribution in [0.3, 0.4) is 0 Å². The molecule has 1 atom stereocenters. The third-order valence-electron chi connectivity index (χ3n) is 4.19. The Morgan fingerprint density at radius 3 is 2.62 bits per heavy atom. The highest BCUT2D eigenvalue weighted by Gasteiger charge is 2.12. The van der Waals surface area contributed by atoms with Gasteiger partial charge in [-0.2, -0.15) is 5.10 Å². The molecule has 3 amide bonds. The van der Waals surface area contributed by atoms with Gasteiger partial charge >= 0.3 is 6.03 Å². The summed E-state index contributed by atoms with van der Waals surface area (Å²) in [4.78, 5) is 23.7. The van der Waals surface area contributed by atoms with E-state index in [9.17, 15) is 9.59 Å². The molecule has 0 aliphatic heterocycles. The second-order valence-electron chi connectivity index (χ2n) is 6.39. The molecule has 0 saturated carbocycles. The molecule has 0 spiro atoms. The first kappa shape index (κ1) is 19.5. The molecule has 0 bridgehead atoms. The van der Waals surface area contributed by atoms with E-state index in [0.717, 1.165) is 17.0 Å². The summed E-state index contributed by atoms with van der Waals surface area (Å²) in [6.07, 6.45) is 0.948. The number of urea groups is 1. The molecule has 26 heavy (non-hydrogen) atoms. The summed E-state index contributed by atoms with van der Waals surface area (Å²) in [7, 11) is 1.61. The second kappa shape index (κ2) is 9.03. The molecule has 0 unspecified atom stereocenters. The van der Waals surface area contributed by atoms with E-state index in [2.05, 4.69) is 21.0 Å². The number of aromatic nitrogens is 2. The van der Waals surface area contributed by atoms with E-state index in [0.29, 0.717) is 25.1 Å². The maximum Gasteiger partial charge on any atom is 0.319 e. The van der Waals surface area contributed by atoms with Crippen molar-refractivity contribution in [2.45, 2.75) is 39.7 Å². The zero-order valence-corrected chi connectivity index (χ0v) is 15.8. The summed E-state index contributed by atoms with van der Waals surface area (Å²) in [5.74, 6) is -0.0250. The zero-order chi connectivity index (χ0) is 19.1. The molecule has 0 saturated heterocycles. The molecule has 7 nitrogen and oxygen atoms in total. The summed E-state index contributed by atoms with van der Waals surface area (Å²) in [6, 6.07) is 9.30. The Morgan fingerprint density at radius 2 is 1.96 bits per heavy atom. The first-order chi connectivity index (χ1) is 12.4. The molecule has 0 aliphatic carbocycles. The van der Waals surface area contributed by atoms with Crippen LogP contribution in [0.15, 0.2) is 30.3 Å². The Kier molecular flexibility index (Phi) is 6.77. The molecule has 3 N–H and O–H groups in total. The van der Waals surface area contributed by atoms with Crippen LogP contribution in [0.4, 0.5) is 10.5 Å². The summed E-state index contributed by atoms with van der Waals surface area (Å²) in [6.45, 7) is 6.43. The maximum absolute atomic E-state index is 12.3. The Hall–Kier alpha value is -2.83. The molecule has 1 aromatic carbocycles. The normalized spacial score (nSPS) is 11.7. The number of nitrogens with zero attached hydrogens (tertiary/aromatic N) is 2. The lowest BCUT2D eigenvalue weighted by atomic mass is 10.1. The molecule has 1 heterocycles. The van der Waals surface area contributed by atoms with Crippen LogP contribution < -0.4 is 16.0 Å². The third kappa shape index (κ3) is 5.34. The van der Waals surface area contributed by atoms with Crippen LogP contribution in [0.1, 0.15) is 36.3 Å². The number of hydrogen-bond donors (Lipinski definition) is 3. The monoisotopic (exact) mass is 357 g/mol. The Bertz CT molecular complexity index is 769. The molecule has 2 aromatic rings. The number of carbonyl (C=O) groups is 2. The Labute approximate surface area is 154 Å². The largest absolute Gasteiger partial charge is 0.359 e. The molecule has 0 aliphatic rings. The standard InChI is InChI=1S/C19H27N5O2/c1-13-11-14(2)24(23-13)15(3)12-21-19(26)22-17-8-6-5-7-16(17)9-10-18(25)20-4/h5-8,11,15H,9-10,12H2,1-4H3,(H,20,25)(H2,21,22,26)/t15-/m1/s1. The van der Waals surface area contributed by atoms with Gasteiger partial charge in [0.2, 0.25) is 5.91 Å². The molecule has 7 heteroatoms. The predicted octanol–water partition coefficient (Wildman–Crippen LogP) is 2.56. The van der Waals surface area contributed by atoms with Crippen LogP contribution in [-0.2, 0) is 11.2 Å². The average molecular weight is 357 g/mol. The average Bonchev–Trinajstić information content (AvgIpc) is 2.97. The van der Waals surface area contributed by atoms with Crippen molar-refractivity contribution < 1.29 is 9.59 Å². The molecule has 2 rings (SSSR count). The van der Waals surface area contributed by atoms with Gasteiger partial charge in [-0.25, -0.2) is 4.79 Å². The van der Waals surface area contributed by atoms with Crippen LogP contribution in [0.5, 0.6) is 0 Å². The number of benzene rings is 1. The molecule has 1 aromatic heterocycles. The number of rotatable bonds is 7. The van der Waals surface area contributed by atoms with E-state index in [1.165, 1.54) is 0 Å². The van der Waals surface area contributed by atoms with Gasteiger partial charge in [0.1, 0.15) is 0 Å². The molecule has 0 fully saturated rings. The minimum absolute atomic E-state index is 0.0250. The van der Waals surface area contributed by atoms with Crippen molar-refractivity contribution in [1.82, 2.24) is 20.4 Å². The van der Waals surface area contributed by atoms with Gasteiger partial charge in [0.15, 0.2) is 0 Å². The molecule has 140 valence electrons. The number of carbonyl (C=O) groups excluding carboxylic acids is 2. The summed E-state index contributed by atoms with van der Waals surface area (Å²) in [5, 5.41) is 12.8. The summed E-state index contributed by atoms with van der Waals surface area (Å²) >= 11 is 0. The van der Waals surface area contributed by atoms with E-state index in [1.54, 1.807) is 7.05 Å². The Morgan fingerprint density at radius 1 is 1.23 bits per heavy atom. The van der Waals surface area contributed by atoms with Crippen molar-refractivity contribution in [2.24, 2.45) is 0 Å². The highest BCUT2D eigenvalue weighted by molar-refractivity contribution is 5.90. The van der Waals surface area contributed by atoms with Crippen molar-refractivity contribution in [3.63, 3.8) is 0 Å². The lowest BCUT2D eigenvalue weighted by Crippen LogP contribution is -2.34. The van der Waals surface area contributed by atoms with Gasteiger partial charge in [0.05, 0.1) is 11.7 Å². The number of hydrogen-bond acceptors (Lipinski definition) is 3. The van der Waals surface area contributed by atoms with Crippen molar-refractivity contribution >= 4 is 17.6 Å². The summed E-state index contributed by atoms with van der Waals surface area (Å²) < 4.78 is 1.91. The topological polar surface area (TPSA) is 88.0 Å². The second-order valence-corrected chi connectivity index (χ2v) is 6.39. The maximum atomic E-state index is 12.3. The number of para-hydroxylation sites is 1. The fraction of sp³-hybridized carbons (Fsp3) is 0.421. The van der Waals surface area contributed by atoms with Crippen LogP contribution >= 0.6 is 0 Å². The SMILES string of the molecule is CNC(=O)CCc1ccccc1NC(=O)NC[C@@H](C)n1nc(C)cc1C. The molecular formula is C19H27N5O2. The highest BCUT2D eigenvalue weighted by atomic mass is 16.2. The first-order valence-corrected chi connectivity index (χ1v) is 8.76. The molecular weight excluding hydrogens is 330 g/mol. The lowest BCUT2D eigenvalue weighted by Gasteiger charge is -2.16. The predicted molar refractivity (Wildman–Crippen MR) is 102 cm³/mol. The van der Waals surface area contributed by atoms with E-state index < -0.39 is 0 Å². The van der Waals surface area contributed by atoms with Crippen LogP contribution in [0.25, 0.3) is 0 Å². The quantitative estimate of drug-likeness (QED) is 0.711. The van der Waals surface area contributed by atoms with E-state index in [4.69, 9.17) is 0 Å². The van der Waals surface area contributed by atoms with Gasteiger partial charge in [-0.05, 0) is 44.9 Å². The van der Waals surface area contributed by atoms with Crippen LogP contribution in [0, 0.1) is 13.8 Å². The summed E-state index contributed by atoms with van der Waals surface area (Å²) in [5.41, 5.74) is 3.67. The number of amides is 3. The minimum atomic E-state index is -0.272. The first-order valence-electron chi connectivity index (χ1n) is 8.76. The van der Waals surface area contributed by atoms with Crippen LogP contribution in [0.2, 0.25) is 0 Å². The van der Waals surface area contributed by atoms with Gasteiger partial charge in [-0.1, -0.05) is 18.2 Å². The van der Waals surface area contributed by atoms with E-state index in [-0.39, 0.29) is 18.0 Å². The minimum Gasteiger partial charge on any atom is -0.359 e. The number of aryl methyl sites for hydroxylation is 3. The van der Waals surface area contributed by atoms with Gasteiger partial charge in [0.25, 0.3) is 0 Å². The smallest absolute Gasteiger partial charge is 0.319 e. The van der Waals surface area contributed by atoms with Crippen LogP contribution in [-0.4, -0.2) is 35.3 Å². The van der Waals surface area contributed by atoms with Crippen molar-refractivity contribution in [3.05, 3.63) is 47.3 Å². The van der Waals surface area contributed by atoms with E-state index >= 15 is 0 Å². The fourth-order valence-electron chi connectivity index (χ4n) is 2.82. The third-order valence-corrected chi connectivity index (χ3v) is 4.19. The van der Waals surface area contributed by atoms with Gasteiger partial charge < -0.3 is 16.0 Å². The van der Waals surface area contributed by atoms with E-state index in [1.807, 2.05) is 55.8 Å².